The fraction of sp³-hybridized carbons (Fsp3) is 1.00. The van der Waals surface area contributed by atoms with Crippen LogP contribution in [0.3, 0.4) is 0 Å². The second kappa shape index (κ2) is 4.79. The van der Waals surface area contributed by atoms with E-state index in [0.717, 1.165) is 11.8 Å². The third-order valence-electron chi connectivity index (χ3n) is 3.17. The van der Waals surface area contributed by atoms with Gasteiger partial charge in [0.2, 0.25) is 0 Å². The van der Waals surface area contributed by atoms with Crippen molar-refractivity contribution in [2.45, 2.75) is 58.8 Å². The molecular formula is C11H22. The summed E-state index contributed by atoms with van der Waals surface area (Å²) >= 11 is 0. The van der Waals surface area contributed by atoms with Gasteiger partial charge in [0.05, 0.1) is 0 Å². The molecule has 66 valence electrons. The van der Waals surface area contributed by atoms with Crippen molar-refractivity contribution in [2.24, 2.45) is 11.8 Å². The summed E-state index contributed by atoms with van der Waals surface area (Å²) in [6.45, 7) is 4.66. The highest BCUT2D eigenvalue weighted by Gasteiger charge is 2.20. The second-order valence-corrected chi connectivity index (χ2v) is 4.10. The second-order valence-electron chi connectivity index (χ2n) is 4.10. The lowest BCUT2D eigenvalue weighted by atomic mass is 9.77. The first-order chi connectivity index (χ1) is 5.36. The minimum absolute atomic E-state index is 1.05. The van der Waals surface area contributed by atoms with E-state index < -0.39 is 0 Å². The monoisotopic (exact) mass is 154 g/mol. The number of rotatable bonds is 5. The summed E-state index contributed by atoms with van der Waals surface area (Å²) in [5.74, 6) is 2.16. The highest BCUT2D eigenvalue weighted by Crippen LogP contribution is 2.34. The predicted octanol–water partition coefficient (Wildman–Crippen LogP) is 4.00. The van der Waals surface area contributed by atoms with E-state index in [0.29, 0.717) is 0 Å². The summed E-state index contributed by atoms with van der Waals surface area (Å²) in [6.07, 6.45) is 10.3. The van der Waals surface area contributed by atoms with Gasteiger partial charge in [-0.25, -0.2) is 0 Å². The minimum atomic E-state index is 1.05. The Kier molecular flexibility index (Phi) is 3.96. The van der Waals surface area contributed by atoms with Crippen LogP contribution in [0.5, 0.6) is 0 Å². The molecule has 0 bridgehead atoms. The maximum absolute atomic E-state index is 2.35. The largest absolute Gasteiger partial charge is 0.0654 e. The maximum atomic E-state index is 2.35. The molecule has 0 nitrogen and oxygen atoms in total. The van der Waals surface area contributed by atoms with Crippen LogP contribution >= 0.6 is 0 Å². The Hall–Kier alpha value is 0. The predicted molar refractivity (Wildman–Crippen MR) is 50.6 cm³/mol. The molecule has 0 aromatic carbocycles. The molecule has 0 heterocycles. The van der Waals surface area contributed by atoms with E-state index in [4.69, 9.17) is 0 Å². The van der Waals surface area contributed by atoms with E-state index >= 15 is 0 Å². The van der Waals surface area contributed by atoms with Crippen LogP contribution in [0.4, 0.5) is 0 Å². The average molecular weight is 154 g/mol. The summed E-state index contributed by atoms with van der Waals surface area (Å²) in [6, 6.07) is 0. The van der Waals surface area contributed by atoms with Gasteiger partial charge in [-0.05, 0) is 18.3 Å². The molecule has 1 atom stereocenters. The van der Waals surface area contributed by atoms with Crippen LogP contribution in [0.15, 0.2) is 0 Å². The fourth-order valence-electron chi connectivity index (χ4n) is 2.10. The van der Waals surface area contributed by atoms with Crippen molar-refractivity contribution in [1.29, 1.82) is 0 Å². The van der Waals surface area contributed by atoms with Crippen LogP contribution in [0.1, 0.15) is 58.8 Å². The lowest BCUT2D eigenvalue weighted by Crippen LogP contribution is -2.15. The Morgan fingerprint density at radius 1 is 1.27 bits per heavy atom. The molecule has 0 saturated heterocycles. The van der Waals surface area contributed by atoms with Crippen molar-refractivity contribution in [2.75, 3.05) is 0 Å². The molecule has 1 saturated carbocycles. The maximum Gasteiger partial charge on any atom is -0.0412 e. The molecule has 0 N–H and O–H groups in total. The average Bonchev–Trinajstić information content (AvgIpc) is 1.94. The van der Waals surface area contributed by atoms with Gasteiger partial charge in [0, 0.05) is 0 Å². The quantitative estimate of drug-likeness (QED) is 0.561. The molecule has 0 aromatic heterocycles. The molecule has 1 fully saturated rings. The van der Waals surface area contributed by atoms with Crippen LogP contribution in [0.2, 0.25) is 0 Å². The molecular weight excluding hydrogens is 132 g/mol. The minimum Gasteiger partial charge on any atom is -0.0654 e. The van der Waals surface area contributed by atoms with Crippen molar-refractivity contribution in [3.63, 3.8) is 0 Å². The van der Waals surface area contributed by atoms with Gasteiger partial charge in [-0.2, -0.15) is 0 Å². The molecule has 0 heteroatoms. The lowest BCUT2D eigenvalue weighted by Gasteiger charge is -2.29. The van der Waals surface area contributed by atoms with E-state index in [1.165, 1.54) is 44.9 Å². The van der Waals surface area contributed by atoms with E-state index in [1.807, 2.05) is 0 Å². The zero-order valence-electron chi connectivity index (χ0n) is 8.10. The lowest BCUT2D eigenvalue weighted by molar-refractivity contribution is 0.238. The summed E-state index contributed by atoms with van der Waals surface area (Å²) in [5, 5.41) is 0. The Balaban J connectivity index is 2.08. The Morgan fingerprint density at radius 2 is 2.00 bits per heavy atom. The standard InChI is InChI=1S/C11H22/c1-3-6-10(4-2)9-11-7-5-8-11/h10-11H,3-9H2,1-2H3. The van der Waals surface area contributed by atoms with Gasteiger partial charge in [-0.15, -0.1) is 0 Å². The molecule has 11 heavy (non-hydrogen) atoms. The van der Waals surface area contributed by atoms with Crippen molar-refractivity contribution in [3.8, 4) is 0 Å². The fourth-order valence-corrected chi connectivity index (χ4v) is 2.10. The first-order valence-electron chi connectivity index (χ1n) is 5.36. The van der Waals surface area contributed by atoms with Crippen LogP contribution in [-0.4, -0.2) is 0 Å². The third-order valence-corrected chi connectivity index (χ3v) is 3.17. The van der Waals surface area contributed by atoms with E-state index in [1.54, 1.807) is 0 Å². The van der Waals surface area contributed by atoms with Gasteiger partial charge in [0.1, 0.15) is 0 Å². The first-order valence-corrected chi connectivity index (χ1v) is 5.36. The molecule has 1 aliphatic carbocycles. The third kappa shape index (κ3) is 2.84. The summed E-state index contributed by atoms with van der Waals surface area (Å²) < 4.78 is 0. The molecule has 0 spiro atoms. The Morgan fingerprint density at radius 3 is 2.36 bits per heavy atom. The van der Waals surface area contributed by atoms with Crippen molar-refractivity contribution >= 4 is 0 Å². The van der Waals surface area contributed by atoms with Gasteiger partial charge in [-0.3, -0.25) is 0 Å². The Bertz CT molecular complexity index is 92.2. The van der Waals surface area contributed by atoms with Gasteiger partial charge >= 0.3 is 0 Å². The Labute approximate surface area is 71.4 Å². The molecule has 0 amide bonds. The van der Waals surface area contributed by atoms with Crippen molar-refractivity contribution in [3.05, 3.63) is 0 Å². The molecule has 0 radical (unpaired) electrons. The van der Waals surface area contributed by atoms with Crippen LogP contribution in [0, 0.1) is 11.8 Å². The zero-order valence-corrected chi connectivity index (χ0v) is 8.10. The molecule has 0 aromatic rings. The molecule has 0 aliphatic heterocycles. The van der Waals surface area contributed by atoms with Crippen LogP contribution in [0.25, 0.3) is 0 Å². The van der Waals surface area contributed by atoms with Gasteiger partial charge in [0.25, 0.3) is 0 Å². The first kappa shape index (κ1) is 9.09. The summed E-state index contributed by atoms with van der Waals surface area (Å²) in [5.41, 5.74) is 0. The zero-order chi connectivity index (χ0) is 8.10. The van der Waals surface area contributed by atoms with Crippen LogP contribution in [-0.2, 0) is 0 Å². The molecule has 1 unspecified atom stereocenters. The molecule has 1 rings (SSSR count). The topological polar surface area (TPSA) is 0 Å². The normalized spacial score (nSPS) is 21.3. The highest BCUT2D eigenvalue weighted by atomic mass is 14.3. The van der Waals surface area contributed by atoms with Gasteiger partial charge < -0.3 is 0 Å². The summed E-state index contributed by atoms with van der Waals surface area (Å²) in [7, 11) is 0. The number of hydrogen-bond acceptors (Lipinski definition) is 0. The molecule has 1 aliphatic rings. The van der Waals surface area contributed by atoms with E-state index in [2.05, 4.69) is 13.8 Å². The highest BCUT2D eigenvalue weighted by molar-refractivity contribution is 4.72. The van der Waals surface area contributed by atoms with Crippen LogP contribution < -0.4 is 0 Å². The smallest absolute Gasteiger partial charge is 0.0412 e. The van der Waals surface area contributed by atoms with Crippen molar-refractivity contribution < 1.29 is 0 Å². The van der Waals surface area contributed by atoms with Crippen molar-refractivity contribution in [1.82, 2.24) is 0 Å². The van der Waals surface area contributed by atoms with E-state index in [-0.39, 0.29) is 0 Å². The van der Waals surface area contributed by atoms with E-state index in [9.17, 15) is 0 Å². The summed E-state index contributed by atoms with van der Waals surface area (Å²) in [4.78, 5) is 0. The van der Waals surface area contributed by atoms with Gasteiger partial charge in [0.15, 0.2) is 0 Å². The number of hydrogen-bond donors (Lipinski definition) is 0. The SMILES string of the molecule is CCCC(CC)CC1CCC1. The van der Waals surface area contributed by atoms with Gasteiger partial charge in [-0.1, -0.05) is 52.4 Å².